The first-order chi connectivity index (χ1) is 7.63. The van der Waals surface area contributed by atoms with E-state index in [-0.39, 0.29) is 5.91 Å². The fourth-order valence-corrected chi connectivity index (χ4v) is 2.55. The van der Waals surface area contributed by atoms with Crippen LogP contribution in [0.2, 0.25) is 0 Å². The minimum absolute atomic E-state index is 0.0201. The second-order valence-electron chi connectivity index (χ2n) is 4.26. The van der Waals surface area contributed by atoms with E-state index in [2.05, 4.69) is 16.9 Å². The van der Waals surface area contributed by atoms with E-state index in [9.17, 15) is 4.79 Å². The van der Waals surface area contributed by atoms with Gasteiger partial charge < -0.3 is 5.32 Å². The molecule has 0 radical (unpaired) electrons. The van der Waals surface area contributed by atoms with E-state index in [1.165, 1.54) is 0 Å². The fourth-order valence-electron chi connectivity index (χ4n) is 2.55. The third-order valence-electron chi connectivity index (χ3n) is 3.43. The molecule has 2 rings (SSSR count). The van der Waals surface area contributed by atoms with Crippen molar-refractivity contribution in [3.8, 4) is 0 Å². The highest BCUT2D eigenvalue weighted by Crippen LogP contribution is 2.42. The smallest absolute Gasteiger partial charge is 0.234 e. The van der Waals surface area contributed by atoms with Gasteiger partial charge in [0.25, 0.3) is 0 Å². The Labute approximate surface area is 95.6 Å². The number of carbonyl (C=O) groups is 1. The summed E-state index contributed by atoms with van der Waals surface area (Å²) in [6.45, 7) is 5.90. The Kier molecular flexibility index (Phi) is 2.54. The molecule has 3 heteroatoms. The number of aromatic nitrogens is 1. The predicted octanol–water partition coefficient (Wildman–Crippen LogP) is 1.59. The summed E-state index contributed by atoms with van der Waals surface area (Å²) in [5.74, 6) is 0.0201. The highest BCUT2D eigenvalue weighted by atomic mass is 16.2. The van der Waals surface area contributed by atoms with Crippen LogP contribution in [0.4, 0.5) is 0 Å². The molecule has 84 valence electrons. The number of pyridine rings is 1. The highest BCUT2D eigenvalue weighted by molar-refractivity contribution is 5.92. The first-order valence-electron chi connectivity index (χ1n) is 5.45. The molecule has 1 atom stereocenters. The molecule has 1 aliphatic carbocycles. The number of hydrogen-bond donors (Lipinski definition) is 1. The molecule has 1 amide bonds. The minimum atomic E-state index is -0.571. The lowest BCUT2D eigenvalue weighted by Gasteiger charge is -2.28. The van der Waals surface area contributed by atoms with E-state index in [0.29, 0.717) is 0 Å². The van der Waals surface area contributed by atoms with Crippen molar-refractivity contribution < 1.29 is 4.79 Å². The van der Waals surface area contributed by atoms with Crippen LogP contribution in [0, 0.1) is 0 Å². The summed E-state index contributed by atoms with van der Waals surface area (Å²) < 4.78 is 0. The number of rotatable bonds is 2. The molecule has 0 aromatic carbocycles. The van der Waals surface area contributed by atoms with E-state index in [1.807, 2.05) is 19.1 Å². The Morgan fingerprint density at radius 3 is 3.00 bits per heavy atom. The minimum Gasteiger partial charge on any atom is -0.358 e. The van der Waals surface area contributed by atoms with Crippen LogP contribution in [0.25, 0.3) is 0 Å². The summed E-state index contributed by atoms with van der Waals surface area (Å²) in [6.07, 6.45) is 3.39. The quantitative estimate of drug-likeness (QED) is 0.763. The molecule has 1 aliphatic rings. The molecule has 3 nitrogen and oxygen atoms in total. The molecule has 1 aromatic rings. The first kappa shape index (κ1) is 10.9. The molecule has 0 aliphatic heterocycles. The van der Waals surface area contributed by atoms with Crippen LogP contribution < -0.4 is 5.32 Å². The second-order valence-corrected chi connectivity index (χ2v) is 4.26. The van der Waals surface area contributed by atoms with Gasteiger partial charge in [0.1, 0.15) is 0 Å². The van der Waals surface area contributed by atoms with Crippen LogP contribution in [0.1, 0.15) is 24.6 Å². The number of nitrogens with one attached hydrogen (secondary N) is 1. The predicted molar refractivity (Wildman–Crippen MR) is 63.1 cm³/mol. The molecule has 0 saturated heterocycles. The zero-order valence-electron chi connectivity index (χ0n) is 9.71. The van der Waals surface area contributed by atoms with Crippen LogP contribution in [0.5, 0.6) is 0 Å². The Balaban J connectivity index is 2.60. The van der Waals surface area contributed by atoms with Crippen molar-refractivity contribution in [1.82, 2.24) is 10.3 Å². The van der Waals surface area contributed by atoms with E-state index in [1.54, 1.807) is 13.2 Å². The number of hydrogen-bond acceptors (Lipinski definition) is 2. The number of carbonyl (C=O) groups excluding carboxylic acids is 1. The first-order valence-corrected chi connectivity index (χ1v) is 5.45. The van der Waals surface area contributed by atoms with Gasteiger partial charge in [-0.15, -0.1) is 0 Å². The lowest BCUT2D eigenvalue weighted by Crippen LogP contribution is -2.42. The van der Waals surface area contributed by atoms with Crippen molar-refractivity contribution in [2.45, 2.75) is 25.2 Å². The van der Waals surface area contributed by atoms with Crippen molar-refractivity contribution in [2.75, 3.05) is 7.05 Å². The Bertz CT molecular complexity index is 453. The van der Waals surface area contributed by atoms with Crippen LogP contribution >= 0.6 is 0 Å². The Morgan fingerprint density at radius 2 is 2.38 bits per heavy atom. The third-order valence-corrected chi connectivity index (χ3v) is 3.43. The topological polar surface area (TPSA) is 42.0 Å². The summed E-state index contributed by atoms with van der Waals surface area (Å²) >= 11 is 0. The average Bonchev–Trinajstić information content (AvgIpc) is 2.68. The van der Waals surface area contributed by atoms with Crippen LogP contribution in [0.3, 0.4) is 0 Å². The number of aryl methyl sites for hydroxylation is 1. The van der Waals surface area contributed by atoms with Crippen molar-refractivity contribution in [3.05, 3.63) is 41.7 Å². The molecular formula is C13H16N2O. The second kappa shape index (κ2) is 3.74. The monoisotopic (exact) mass is 216 g/mol. The normalized spacial score (nSPS) is 22.6. The standard InChI is InChI=1S/C13H16N2O/c1-9(2)13(12(16)14-3)7-6-11-10(13)5-4-8-15-11/h4-5,8H,1,6-7H2,2-3H3,(H,14,16). The zero-order valence-corrected chi connectivity index (χ0v) is 9.71. The SMILES string of the molecule is C=C(C)C1(C(=O)NC)CCc2ncccc21. The van der Waals surface area contributed by atoms with Crippen molar-refractivity contribution >= 4 is 5.91 Å². The van der Waals surface area contributed by atoms with Crippen molar-refractivity contribution in [1.29, 1.82) is 0 Å². The maximum atomic E-state index is 12.1. The molecule has 1 aromatic heterocycles. The van der Waals surface area contributed by atoms with Crippen LogP contribution in [-0.2, 0) is 16.6 Å². The van der Waals surface area contributed by atoms with E-state index in [4.69, 9.17) is 0 Å². The lowest BCUT2D eigenvalue weighted by molar-refractivity contribution is -0.124. The van der Waals surface area contributed by atoms with Gasteiger partial charge in [0.2, 0.25) is 5.91 Å². The van der Waals surface area contributed by atoms with Gasteiger partial charge in [0.05, 0.1) is 5.41 Å². The van der Waals surface area contributed by atoms with Gasteiger partial charge in [0.15, 0.2) is 0 Å². The van der Waals surface area contributed by atoms with Gasteiger partial charge in [-0.25, -0.2) is 0 Å². The summed E-state index contributed by atoms with van der Waals surface area (Å²) in [4.78, 5) is 16.5. The van der Waals surface area contributed by atoms with E-state index < -0.39 is 5.41 Å². The van der Waals surface area contributed by atoms with Gasteiger partial charge in [-0.3, -0.25) is 9.78 Å². The summed E-state index contributed by atoms with van der Waals surface area (Å²) in [7, 11) is 1.67. The summed E-state index contributed by atoms with van der Waals surface area (Å²) in [6, 6.07) is 3.87. The number of nitrogens with zero attached hydrogens (tertiary/aromatic N) is 1. The fraction of sp³-hybridized carbons (Fsp3) is 0.385. The average molecular weight is 216 g/mol. The van der Waals surface area contributed by atoms with Gasteiger partial charge in [-0.1, -0.05) is 18.2 Å². The van der Waals surface area contributed by atoms with Gasteiger partial charge in [-0.2, -0.15) is 0 Å². The summed E-state index contributed by atoms with van der Waals surface area (Å²) in [5.41, 5.74) is 2.35. The Morgan fingerprint density at radius 1 is 1.62 bits per heavy atom. The van der Waals surface area contributed by atoms with Crippen LogP contribution in [-0.4, -0.2) is 17.9 Å². The van der Waals surface area contributed by atoms with Gasteiger partial charge >= 0.3 is 0 Å². The molecule has 1 N–H and O–H groups in total. The van der Waals surface area contributed by atoms with Crippen LogP contribution in [0.15, 0.2) is 30.5 Å². The third kappa shape index (κ3) is 1.28. The van der Waals surface area contributed by atoms with Crippen molar-refractivity contribution in [3.63, 3.8) is 0 Å². The number of amides is 1. The molecule has 0 saturated carbocycles. The molecule has 0 spiro atoms. The molecule has 16 heavy (non-hydrogen) atoms. The molecule has 0 bridgehead atoms. The number of likely N-dealkylation sites (N-methyl/N-ethyl adjacent to an activating group) is 1. The highest BCUT2D eigenvalue weighted by Gasteiger charge is 2.45. The van der Waals surface area contributed by atoms with Gasteiger partial charge in [-0.05, 0) is 31.4 Å². The van der Waals surface area contributed by atoms with E-state index in [0.717, 1.165) is 29.7 Å². The van der Waals surface area contributed by atoms with Crippen molar-refractivity contribution in [2.24, 2.45) is 0 Å². The Hall–Kier alpha value is -1.64. The summed E-state index contributed by atoms with van der Waals surface area (Å²) in [5, 5.41) is 2.74. The maximum Gasteiger partial charge on any atom is 0.234 e. The van der Waals surface area contributed by atoms with E-state index >= 15 is 0 Å². The van der Waals surface area contributed by atoms with Gasteiger partial charge in [0, 0.05) is 18.9 Å². The lowest BCUT2D eigenvalue weighted by atomic mass is 9.76. The molecule has 1 unspecified atom stereocenters. The molecule has 1 heterocycles. The molecular weight excluding hydrogens is 200 g/mol. The molecule has 0 fully saturated rings. The maximum absolute atomic E-state index is 12.1. The largest absolute Gasteiger partial charge is 0.358 e. The zero-order chi connectivity index (χ0) is 11.8. The number of fused-ring (bicyclic) bond motifs is 1.